The third-order valence-corrected chi connectivity index (χ3v) is 6.37. The minimum atomic E-state index is -3.84. The average Bonchev–Trinajstić information content (AvgIpc) is 2.80. The fraction of sp³-hybridized carbons (Fsp3) is 0.136. The quantitative estimate of drug-likeness (QED) is 0.384. The molecule has 1 aliphatic rings. The maximum absolute atomic E-state index is 12.7. The van der Waals surface area contributed by atoms with Gasteiger partial charge < -0.3 is 5.32 Å². The summed E-state index contributed by atoms with van der Waals surface area (Å²) in [4.78, 5) is 2.47. The molecule has 2 N–H and O–H groups in total. The second kappa shape index (κ2) is 8.49. The summed E-state index contributed by atoms with van der Waals surface area (Å²) >= 11 is 6.08. The fourth-order valence-corrected chi connectivity index (χ4v) is 4.29. The zero-order valence-electron chi connectivity index (χ0n) is 16.7. The lowest BCUT2D eigenvalue weighted by Crippen LogP contribution is -2.43. The van der Waals surface area contributed by atoms with Crippen LogP contribution in [0, 0.1) is 0 Å². The lowest BCUT2D eigenvalue weighted by atomic mass is 9.92. The normalized spacial score (nSPS) is 18.2. The predicted octanol–water partition coefficient (Wildman–Crippen LogP) is 5.45. The van der Waals surface area contributed by atoms with Gasteiger partial charge in [-0.05, 0) is 42.8 Å². The van der Waals surface area contributed by atoms with Gasteiger partial charge in [-0.15, -0.1) is 5.11 Å². The van der Waals surface area contributed by atoms with Gasteiger partial charge in [-0.3, -0.25) is 0 Å². The molecule has 0 amide bonds. The Bertz CT molecular complexity index is 1240. The molecular weight excluding hydrogens is 434 g/mol. The second-order valence-corrected chi connectivity index (χ2v) is 8.98. The molecule has 1 aliphatic heterocycles. The summed E-state index contributed by atoms with van der Waals surface area (Å²) in [7, 11) is -3.84. The highest BCUT2D eigenvalue weighted by molar-refractivity contribution is 7.89. The van der Waals surface area contributed by atoms with Gasteiger partial charge in [-0.2, -0.15) is 23.5 Å². The van der Waals surface area contributed by atoms with E-state index in [1.165, 1.54) is 12.1 Å². The molecule has 0 saturated heterocycles. The molecule has 0 saturated carbocycles. The molecule has 7 nitrogen and oxygen atoms in total. The van der Waals surface area contributed by atoms with E-state index in [9.17, 15) is 8.42 Å². The van der Waals surface area contributed by atoms with Crippen LogP contribution in [0.5, 0.6) is 0 Å². The largest absolute Gasteiger partial charge is 0.349 e. The highest BCUT2D eigenvalue weighted by Crippen LogP contribution is 2.40. The molecule has 9 heteroatoms. The van der Waals surface area contributed by atoms with Crippen molar-refractivity contribution in [3.05, 3.63) is 89.4 Å². The zero-order chi connectivity index (χ0) is 21.9. The summed E-state index contributed by atoms with van der Waals surface area (Å²) in [6.45, 7) is 1.88. The number of nitrogens with one attached hydrogen (secondary N) is 2. The fourth-order valence-electron chi connectivity index (χ4n) is 3.32. The van der Waals surface area contributed by atoms with Crippen LogP contribution in [0.1, 0.15) is 18.9 Å². The third-order valence-electron chi connectivity index (χ3n) is 4.90. The van der Waals surface area contributed by atoms with Gasteiger partial charge in [0, 0.05) is 10.6 Å². The highest BCUT2D eigenvalue weighted by Gasteiger charge is 2.40. The van der Waals surface area contributed by atoms with E-state index in [4.69, 9.17) is 11.6 Å². The number of para-hydroxylation sites is 1. The first-order valence-corrected chi connectivity index (χ1v) is 11.5. The van der Waals surface area contributed by atoms with Gasteiger partial charge in [0.1, 0.15) is 5.69 Å². The first-order chi connectivity index (χ1) is 14.9. The summed E-state index contributed by atoms with van der Waals surface area (Å²) < 4.78 is 25.4. The first kappa shape index (κ1) is 21.0. The molecule has 1 heterocycles. The van der Waals surface area contributed by atoms with Crippen molar-refractivity contribution in [2.75, 3.05) is 5.32 Å². The minimum Gasteiger partial charge on any atom is -0.349 e. The van der Waals surface area contributed by atoms with Crippen molar-refractivity contribution in [3.8, 4) is 0 Å². The van der Waals surface area contributed by atoms with Crippen LogP contribution in [-0.4, -0.2) is 14.1 Å². The van der Waals surface area contributed by atoms with Gasteiger partial charge in [-0.1, -0.05) is 61.0 Å². The Morgan fingerprint density at radius 3 is 2.42 bits per heavy atom. The van der Waals surface area contributed by atoms with Crippen molar-refractivity contribution in [2.45, 2.75) is 23.9 Å². The number of azo groups is 1. The lowest BCUT2D eigenvalue weighted by Gasteiger charge is -2.35. The van der Waals surface area contributed by atoms with Crippen molar-refractivity contribution in [1.29, 1.82) is 0 Å². The molecule has 4 rings (SSSR count). The van der Waals surface area contributed by atoms with E-state index in [0.717, 1.165) is 11.3 Å². The lowest BCUT2D eigenvalue weighted by molar-refractivity contribution is 0.581. The molecule has 1 unspecified atom stereocenters. The van der Waals surface area contributed by atoms with Crippen molar-refractivity contribution in [2.24, 2.45) is 15.3 Å². The number of anilines is 1. The molecule has 0 spiro atoms. The van der Waals surface area contributed by atoms with Gasteiger partial charge in [0.05, 0.1) is 16.3 Å². The maximum Gasteiger partial charge on any atom is 0.276 e. The Morgan fingerprint density at radius 1 is 1.03 bits per heavy atom. The van der Waals surface area contributed by atoms with Crippen LogP contribution in [0.25, 0.3) is 0 Å². The molecule has 3 aromatic carbocycles. The number of fused-ring (bicyclic) bond motifs is 1. The van der Waals surface area contributed by atoms with Crippen LogP contribution < -0.4 is 10.1 Å². The number of hydrogen-bond acceptors (Lipinski definition) is 6. The molecule has 158 valence electrons. The summed E-state index contributed by atoms with van der Waals surface area (Å²) in [5.41, 5.74) is 1.45. The SMILES string of the molecule is CC/C(=N\NS(=O)(=O)c1ccccc1)C1(c2ccc(Cl)cc2)N=Nc2ccccc2N1. The highest BCUT2D eigenvalue weighted by atomic mass is 35.5. The molecule has 0 aromatic heterocycles. The molecule has 0 aliphatic carbocycles. The smallest absolute Gasteiger partial charge is 0.276 e. The molecule has 0 bridgehead atoms. The molecule has 31 heavy (non-hydrogen) atoms. The van der Waals surface area contributed by atoms with E-state index < -0.39 is 15.7 Å². The maximum atomic E-state index is 12.7. The molecule has 3 aromatic rings. The van der Waals surface area contributed by atoms with Gasteiger partial charge in [0.2, 0.25) is 5.66 Å². The monoisotopic (exact) mass is 453 g/mol. The van der Waals surface area contributed by atoms with Crippen LogP contribution >= 0.6 is 11.6 Å². The molecular formula is C22H20ClN5O2S. The predicted molar refractivity (Wildman–Crippen MR) is 122 cm³/mol. The van der Waals surface area contributed by atoms with E-state index in [1.54, 1.807) is 30.3 Å². The Morgan fingerprint density at radius 2 is 1.71 bits per heavy atom. The number of rotatable bonds is 6. The number of sulfonamides is 1. The average molecular weight is 454 g/mol. The number of nitrogens with zero attached hydrogens (tertiary/aromatic N) is 3. The van der Waals surface area contributed by atoms with Gasteiger partial charge in [-0.25, -0.2) is 0 Å². The van der Waals surface area contributed by atoms with Crippen LogP contribution in [0.3, 0.4) is 0 Å². The number of halogens is 1. The van der Waals surface area contributed by atoms with Crippen molar-refractivity contribution in [1.82, 2.24) is 4.83 Å². The Balaban J connectivity index is 1.79. The summed E-state index contributed by atoms with van der Waals surface area (Å²) in [5, 5.41) is 17.2. The van der Waals surface area contributed by atoms with E-state index in [-0.39, 0.29) is 4.90 Å². The van der Waals surface area contributed by atoms with Crippen LogP contribution in [0.4, 0.5) is 11.4 Å². The number of hydrogen-bond donors (Lipinski definition) is 2. The van der Waals surface area contributed by atoms with E-state index in [0.29, 0.717) is 22.8 Å². The van der Waals surface area contributed by atoms with E-state index >= 15 is 0 Å². The number of benzene rings is 3. The third kappa shape index (κ3) is 4.17. The van der Waals surface area contributed by atoms with Crippen LogP contribution in [0.2, 0.25) is 5.02 Å². The molecule has 1 atom stereocenters. The number of hydrazone groups is 1. The standard InChI is InChI=1S/C22H20ClN5O2S/c1-2-21(26-28-31(29,30)18-8-4-3-5-9-18)22(16-12-14-17(23)15-13-16)24-19-10-6-7-11-20(19)25-27-22/h3-15,24,28H,2H2,1H3/b26-21+. The van der Waals surface area contributed by atoms with Gasteiger partial charge in [0.25, 0.3) is 10.0 Å². The Labute approximate surface area is 185 Å². The van der Waals surface area contributed by atoms with Crippen molar-refractivity contribution in [3.63, 3.8) is 0 Å². The molecule has 0 fully saturated rings. The van der Waals surface area contributed by atoms with Crippen molar-refractivity contribution < 1.29 is 8.42 Å². The van der Waals surface area contributed by atoms with E-state index in [1.807, 2.05) is 43.3 Å². The summed E-state index contributed by atoms with van der Waals surface area (Å²) in [6, 6.07) is 22.7. The summed E-state index contributed by atoms with van der Waals surface area (Å²) in [5.74, 6) is 0. The summed E-state index contributed by atoms with van der Waals surface area (Å²) in [6.07, 6.45) is 0.411. The Hall–Kier alpha value is -3.23. The first-order valence-electron chi connectivity index (χ1n) is 9.65. The minimum absolute atomic E-state index is 0.123. The zero-order valence-corrected chi connectivity index (χ0v) is 18.2. The second-order valence-electron chi connectivity index (χ2n) is 6.88. The van der Waals surface area contributed by atoms with E-state index in [2.05, 4.69) is 25.5 Å². The van der Waals surface area contributed by atoms with Gasteiger partial charge in [0.15, 0.2) is 0 Å². The van der Waals surface area contributed by atoms with Gasteiger partial charge >= 0.3 is 0 Å². The van der Waals surface area contributed by atoms with Crippen LogP contribution in [-0.2, 0) is 15.7 Å². The van der Waals surface area contributed by atoms with Crippen LogP contribution in [0.15, 0.2) is 99.1 Å². The van der Waals surface area contributed by atoms with Crippen molar-refractivity contribution >= 4 is 38.7 Å². The topological polar surface area (TPSA) is 95.3 Å². The Kier molecular flexibility index (Phi) is 5.75. The molecule has 0 radical (unpaired) electrons.